The van der Waals surface area contributed by atoms with Gasteiger partial charge in [0.25, 0.3) is 0 Å². The zero-order valence-corrected chi connectivity index (χ0v) is 7.91. The maximum atomic E-state index is 8.54. The van der Waals surface area contributed by atoms with Gasteiger partial charge in [-0.3, -0.25) is 0 Å². The van der Waals surface area contributed by atoms with E-state index in [1.54, 1.807) is 12.3 Å². The molecular weight excluding hydrogens is 162 g/mol. The van der Waals surface area contributed by atoms with Crippen LogP contribution in [-0.4, -0.2) is 11.5 Å². The summed E-state index contributed by atoms with van der Waals surface area (Å²) in [7, 11) is 0. The van der Waals surface area contributed by atoms with Crippen LogP contribution in [0.1, 0.15) is 19.4 Å². The van der Waals surface area contributed by atoms with Gasteiger partial charge in [0.2, 0.25) is 0 Å². The molecule has 13 heavy (non-hydrogen) atoms. The molecule has 0 fully saturated rings. The molecule has 0 saturated heterocycles. The lowest BCUT2D eigenvalue weighted by atomic mass is 10.2. The van der Waals surface area contributed by atoms with Crippen molar-refractivity contribution in [1.82, 2.24) is 4.98 Å². The highest BCUT2D eigenvalue weighted by molar-refractivity contribution is 5.38. The van der Waals surface area contributed by atoms with E-state index in [9.17, 15) is 0 Å². The van der Waals surface area contributed by atoms with Crippen LogP contribution in [-0.2, 0) is 0 Å². The van der Waals surface area contributed by atoms with Crippen LogP contribution in [0.25, 0.3) is 0 Å². The lowest BCUT2D eigenvalue weighted by molar-refractivity contribution is 0.687. The van der Waals surface area contributed by atoms with E-state index in [4.69, 9.17) is 5.26 Å². The standard InChI is InChI=1S/C10H13N3/c1-8(2)6-12-10-4-3-9(5-11)7-13-10/h3-4,7-8H,6H2,1-2H3,(H,12,13). The smallest absolute Gasteiger partial charge is 0.125 e. The molecule has 0 aliphatic rings. The second-order valence-corrected chi connectivity index (χ2v) is 3.32. The van der Waals surface area contributed by atoms with Gasteiger partial charge in [0.05, 0.1) is 5.56 Å². The van der Waals surface area contributed by atoms with Gasteiger partial charge in [0, 0.05) is 12.7 Å². The lowest BCUT2D eigenvalue weighted by Gasteiger charge is -2.07. The third-order valence-corrected chi connectivity index (χ3v) is 1.58. The molecule has 0 aliphatic heterocycles. The minimum Gasteiger partial charge on any atom is -0.370 e. The number of nitrogens with zero attached hydrogens (tertiary/aromatic N) is 2. The summed E-state index contributed by atoms with van der Waals surface area (Å²) in [6.45, 7) is 5.17. The van der Waals surface area contributed by atoms with Crippen molar-refractivity contribution in [2.24, 2.45) is 5.92 Å². The van der Waals surface area contributed by atoms with Crippen LogP contribution < -0.4 is 5.32 Å². The van der Waals surface area contributed by atoms with Crippen molar-refractivity contribution in [3.63, 3.8) is 0 Å². The molecule has 0 aliphatic carbocycles. The zero-order valence-electron chi connectivity index (χ0n) is 7.91. The molecule has 0 saturated carbocycles. The largest absolute Gasteiger partial charge is 0.370 e. The van der Waals surface area contributed by atoms with Crippen LogP contribution in [0.3, 0.4) is 0 Å². The molecule has 0 amide bonds. The Morgan fingerprint density at radius 1 is 1.54 bits per heavy atom. The summed E-state index contributed by atoms with van der Waals surface area (Å²) >= 11 is 0. The maximum Gasteiger partial charge on any atom is 0.125 e. The van der Waals surface area contributed by atoms with Crippen LogP contribution in [0, 0.1) is 17.2 Å². The third-order valence-electron chi connectivity index (χ3n) is 1.58. The minimum atomic E-state index is 0.593. The van der Waals surface area contributed by atoms with E-state index in [-0.39, 0.29) is 0 Å². The number of pyridine rings is 1. The summed E-state index contributed by atoms with van der Waals surface area (Å²) in [5.41, 5.74) is 0.593. The van der Waals surface area contributed by atoms with Crippen molar-refractivity contribution in [1.29, 1.82) is 5.26 Å². The van der Waals surface area contributed by atoms with E-state index in [0.717, 1.165) is 12.4 Å². The van der Waals surface area contributed by atoms with Crippen LogP contribution in [0.2, 0.25) is 0 Å². The predicted molar refractivity (Wildman–Crippen MR) is 52.3 cm³/mol. The Morgan fingerprint density at radius 3 is 2.77 bits per heavy atom. The average Bonchev–Trinajstić information content (AvgIpc) is 2.15. The number of nitriles is 1. The quantitative estimate of drug-likeness (QED) is 0.764. The Labute approximate surface area is 78.4 Å². The molecular formula is C10H13N3. The summed E-state index contributed by atoms with van der Waals surface area (Å²) < 4.78 is 0. The molecule has 1 rings (SSSR count). The summed E-state index contributed by atoms with van der Waals surface area (Å²) in [6.07, 6.45) is 1.57. The Kier molecular flexibility index (Phi) is 3.27. The number of nitrogens with one attached hydrogen (secondary N) is 1. The second-order valence-electron chi connectivity index (χ2n) is 3.32. The maximum absolute atomic E-state index is 8.54. The van der Waals surface area contributed by atoms with Gasteiger partial charge in [-0.05, 0) is 18.1 Å². The number of hydrogen-bond donors (Lipinski definition) is 1. The fourth-order valence-corrected chi connectivity index (χ4v) is 0.873. The molecule has 0 spiro atoms. The Bertz CT molecular complexity index is 295. The van der Waals surface area contributed by atoms with Crippen molar-refractivity contribution in [3.8, 4) is 6.07 Å². The van der Waals surface area contributed by atoms with Crippen LogP contribution >= 0.6 is 0 Å². The van der Waals surface area contributed by atoms with Gasteiger partial charge in [-0.2, -0.15) is 5.26 Å². The van der Waals surface area contributed by atoms with Crippen molar-refractivity contribution < 1.29 is 0 Å². The molecule has 68 valence electrons. The number of anilines is 1. The molecule has 0 aromatic carbocycles. The van der Waals surface area contributed by atoms with Gasteiger partial charge in [-0.25, -0.2) is 4.98 Å². The van der Waals surface area contributed by atoms with E-state index in [1.807, 2.05) is 12.1 Å². The summed E-state index contributed by atoms with van der Waals surface area (Å²) in [4.78, 5) is 4.09. The molecule has 1 aromatic heterocycles. The number of hydrogen-bond acceptors (Lipinski definition) is 3. The molecule has 1 aromatic rings. The predicted octanol–water partition coefficient (Wildman–Crippen LogP) is 2.02. The second kappa shape index (κ2) is 4.46. The van der Waals surface area contributed by atoms with Crippen LogP contribution in [0.5, 0.6) is 0 Å². The monoisotopic (exact) mass is 175 g/mol. The number of rotatable bonds is 3. The van der Waals surface area contributed by atoms with Gasteiger partial charge < -0.3 is 5.32 Å². The van der Waals surface area contributed by atoms with E-state index < -0.39 is 0 Å². The zero-order chi connectivity index (χ0) is 9.68. The highest BCUT2D eigenvalue weighted by atomic mass is 15.0. The molecule has 0 unspecified atom stereocenters. The first-order valence-corrected chi connectivity index (χ1v) is 4.32. The molecule has 0 radical (unpaired) electrons. The first-order chi connectivity index (χ1) is 6.22. The summed E-state index contributed by atoms with van der Waals surface area (Å²) in [5.74, 6) is 1.42. The van der Waals surface area contributed by atoms with E-state index >= 15 is 0 Å². The van der Waals surface area contributed by atoms with Gasteiger partial charge in [-0.15, -0.1) is 0 Å². The first-order valence-electron chi connectivity index (χ1n) is 4.32. The van der Waals surface area contributed by atoms with E-state index in [0.29, 0.717) is 11.5 Å². The van der Waals surface area contributed by atoms with Gasteiger partial charge in [0.15, 0.2) is 0 Å². The Balaban J connectivity index is 2.55. The van der Waals surface area contributed by atoms with E-state index in [2.05, 4.69) is 24.1 Å². The SMILES string of the molecule is CC(C)CNc1ccc(C#N)cn1. The minimum absolute atomic E-state index is 0.593. The number of aromatic nitrogens is 1. The lowest BCUT2D eigenvalue weighted by Crippen LogP contribution is -2.08. The molecule has 1 N–H and O–H groups in total. The highest BCUT2D eigenvalue weighted by Gasteiger charge is 1.96. The van der Waals surface area contributed by atoms with Gasteiger partial charge in [0.1, 0.15) is 11.9 Å². The van der Waals surface area contributed by atoms with E-state index in [1.165, 1.54) is 0 Å². The van der Waals surface area contributed by atoms with Crippen molar-refractivity contribution >= 4 is 5.82 Å². The highest BCUT2D eigenvalue weighted by Crippen LogP contribution is 2.04. The topological polar surface area (TPSA) is 48.7 Å². The fourth-order valence-electron chi connectivity index (χ4n) is 0.873. The normalized spacial score (nSPS) is 9.69. The summed E-state index contributed by atoms with van der Waals surface area (Å²) in [5, 5.41) is 11.7. The molecule has 0 bridgehead atoms. The average molecular weight is 175 g/mol. The van der Waals surface area contributed by atoms with Crippen LogP contribution in [0.15, 0.2) is 18.3 Å². The summed E-state index contributed by atoms with van der Waals surface area (Å²) in [6, 6.07) is 5.61. The molecule has 0 atom stereocenters. The van der Waals surface area contributed by atoms with Crippen LogP contribution in [0.4, 0.5) is 5.82 Å². The third kappa shape index (κ3) is 3.12. The van der Waals surface area contributed by atoms with Crippen molar-refractivity contribution in [3.05, 3.63) is 23.9 Å². The first kappa shape index (κ1) is 9.53. The molecule has 3 nitrogen and oxygen atoms in total. The Morgan fingerprint density at radius 2 is 2.31 bits per heavy atom. The van der Waals surface area contributed by atoms with Crippen molar-refractivity contribution in [2.45, 2.75) is 13.8 Å². The van der Waals surface area contributed by atoms with Gasteiger partial charge >= 0.3 is 0 Å². The molecule has 3 heteroatoms. The fraction of sp³-hybridized carbons (Fsp3) is 0.400. The van der Waals surface area contributed by atoms with Crippen molar-refractivity contribution in [2.75, 3.05) is 11.9 Å². The van der Waals surface area contributed by atoms with Gasteiger partial charge in [-0.1, -0.05) is 13.8 Å². The Hall–Kier alpha value is -1.56. The molecule has 1 heterocycles.